The van der Waals surface area contributed by atoms with E-state index in [1.807, 2.05) is 35.9 Å². The van der Waals surface area contributed by atoms with Gasteiger partial charge >= 0.3 is 0 Å². The number of aryl methyl sites for hydroxylation is 1. The Balaban J connectivity index is 2.41. The number of ether oxygens (including phenoxy) is 2. The summed E-state index contributed by atoms with van der Waals surface area (Å²) in [5.41, 5.74) is 7.54. The van der Waals surface area contributed by atoms with Gasteiger partial charge < -0.3 is 19.8 Å². The molecule has 19 heavy (non-hydrogen) atoms. The first-order valence-corrected chi connectivity index (χ1v) is 6.17. The predicted molar refractivity (Wildman–Crippen MR) is 74.2 cm³/mol. The molecule has 0 aliphatic rings. The van der Waals surface area contributed by atoms with Gasteiger partial charge in [0.25, 0.3) is 0 Å². The second-order valence-electron chi connectivity index (χ2n) is 4.23. The molecule has 0 saturated heterocycles. The quantitative estimate of drug-likeness (QED) is 0.889. The van der Waals surface area contributed by atoms with Crippen molar-refractivity contribution in [3.63, 3.8) is 0 Å². The molecule has 2 N–H and O–H groups in total. The first-order valence-electron chi connectivity index (χ1n) is 6.17. The minimum atomic E-state index is 0.600. The number of imidazole rings is 1. The number of aromatic nitrogens is 2. The topological polar surface area (TPSA) is 62.3 Å². The van der Waals surface area contributed by atoms with E-state index in [0.29, 0.717) is 18.0 Å². The number of hydrogen-bond donors (Lipinski definition) is 1. The van der Waals surface area contributed by atoms with Crippen LogP contribution in [-0.2, 0) is 6.42 Å². The van der Waals surface area contributed by atoms with Crippen molar-refractivity contribution in [3.05, 3.63) is 35.9 Å². The highest BCUT2D eigenvalue weighted by molar-refractivity contribution is 5.49. The van der Waals surface area contributed by atoms with Crippen molar-refractivity contribution in [2.24, 2.45) is 5.73 Å². The molecule has 0 saturated carbocycles. The van der Waals surface area contributed by atoms with E-state index in [1.165, 1.54) is 0 Å². The summed E-state index contributed by atoms with van der Waals surface area (Å²) in [6.45, 7) is 2.57. The van der Waals surface area contributed by atoms with Crippen molar-refractivity contribution in [1.82, 2.24) is 9.55 Å². The Bertz CT molecular complexity index is 564. The van der Waals surface area contributed by atoms with E-state index in [0.717, 1.165) is 23.6 Å². The van der Waals surface area contributed by atoms with Gasteiger partial charge in [-0.05, 0) is 25.6 Å². The number of nitrogens with zero attached hydrogens (tertiary/aromatic N) is 2. The van der Waals surface area contributed by atoms with Crippen LogP contribution in [0.15, 0.2) is 24.4 Å². The third-order valence-corrected chi connectivity index (χ3v) is 2.98. The van der Waals surface area contributed by atoms with Crippen molar-refractivity contribution in [2.45, 2.75) is 13.3 Å². The van der Waals surface area contributed by atoms with E-state index in [2.05, 4.69) is 4.98 Å². The van der Waals surface area contributed by atoms with Crippen molar-refractivity contribution in [2.75, 3.05) is 20.8 Å². The second-order valence-corrected chi connectivity index (χ2v) is 4.23. The Hall–Kier alpha value is -2.01. The maximum atomic E-state index is 5.56. The number of rotatable bonds is 5. The van der Waals surface area contributed by atoms with Crippen LogP contribution in [-0.4, -0.2) is 30.3 Å². The Labute approximate surface area is 113 Å². The van der Waals surface area contributed by atoms with Gasteiger partial charge in [0.15, 0.2) is 11.5 Å². The average Bonchev–Trinajstić information content (AvgIpc) is 2.79. The molecule has 2 aromatic rings. The molecule has 5 nitrogen and oxygen atoms in total. The van der Waals surface area contributed by atoms with E-state index < -0.39 is 0 Å². The number of methoxy groups -OCH3 is 2. The van der Waals surface area contributed by atoms with Crippen molar-refractivity contribution in [1.29, 1.82) is 0 Å². The highest BCUT2D eigenvalue weighted by Crippen LogP contribution is 2.29. The fourth-order valence-electron chi connectivity index (χ4n) is 2.04. The van der Waals surface area contributed by atoms with Crippen LogP contribution in [0.25, 0.3) is 5.69 Å². The van der Waals surface area contributed by atoms with Crippen molar-refractivity contribution < 1.29 is 9.47 Å². The lowest BCUT2D eigenvalue weighted by atomic mass is 10.2. The van der Waals surface area contributed by atoms with Crippen LogP contribution in [0.4, 0.5) is 0 Å². The average molecular weight is 261 g/mol. The number of nitrogens with two attached hydrogens (primary N) is 1. The molecule has 102 valence electrons. The Morgan fingerprint density at radius 3 is 2.58 bits per heavy atom. The summed E-state index contributed by atoms with van der Waals surface area (Å²) in [5, 5.41) is 0. The molecular weight excluding hydrogens is 242 g/mol. The molecule has 0 aliphatic heterocycles. The lowest BCUT2D eigenvalue weighted by Crippen LogP contribution is -2.02. The summed E-state index contributed by atoms with van der Waals surface area (Å²) >= 11 is 0. The Morgan fingerprint density at radius 1 is 1.21 bits per heavy atom. The Morgan fingerprint density at radius 2 is 1.95 bits per heavy atom. The number of benzene rings is 1. The van der Waals surface area contributed by atoms with Gasteiger partial charge in [0, 0.05) is 18.7 Å². The van der Waals surface area contributed by atoms with Gasteiger partial charge in [-0.2, -0.15) is 0 Å². The molecular formula is C14H19N3O2. The highest BCUT2D eigenvalue weighted by atomic mass is 16.5. The molecule has 0 unspecified atom stereocenters. The molecule has 0 atom stereocenters. The van der Waals surface area contributed by atoms with Gasteiger partial charge in [-0.3, -0.25) is 0 Å². The van der Waals surface area contributed by atoms with Crippen LogP contribution in [0.3, 0.4) is 0 Å². The first kappa shape index (κ1) is 13.4. The van der Waals surface area contributed by atoms with Gasteiger partial charge in [-0.1, -0.05) is 0 Å². The van der Waals surface area contributed by atoms with Gasteiger partial charge in [0.05, 0.1) is 25.6 Å². The predicted octanol–water partition coefficient (Wildman–Crippen LogP) is 1.70. The van der Waals surface area contributed by atoms with E-state index in [1.54, 1.807) is 14.2 Å². The van der Waals surface area contributed by atoms with Crippen LogP contribution >= 0.6 is 0 Å². The molecule has 0 bridgehead atoms. The summed E-state index contributed by atoms with van der Waals surface area (Å²) in [6.07, 6.45) is 2.78. The van der Waals surface area contributed by atoms with Gasteiger partial charge in [-0.25, -0.2) is 4.98 Å². The third-order valence-electron chi connectivity index (χ3n) is 2.98. The summed E-state index contributed by atoms with van der Waals surface area (Å²) in [6, 6.07) is 5.79. The van der Waals surface area contributed by atoms with E-state index in [-0.39, 0.29) is 0 Å². The third kappa shape index (κ3) is 2.71. The molecule has 0 amide bonds. The Kier molecular flexibility index (Phi) is 4.06. The minimum absolute atomic E-state index is 0.600. The van der Waals surface area contributed by atoms with Crippen LogP contribution in [0, 0.1) is 6.92 Å². The van der Waals surface area contributed by atoms with E-state index in [9.17, 15) is 0 Å². The highest BCUT2D eigenvalue weighted by Gasteiger charge is 2.09. The molecule has 5 heteroatoms. The maximum absolute atomic E-state index is 5.56. The van der Waals surface area contributed by atoms with Gasteiger partial charge in [-0.15, -0.1) is 0 Å². The summed E-state index contributed by atoms with van der Waals surface area (Å²) in [4.78, 5) is 4.49. The van der Waals surface area contributed by atoms with Crippen LogP contribution in [0.5, 0.6) is 11.5 Å². The van der Waals surface area contributed by atoms with E-state index in [4.69, 9.17) is 15.2 Å². The van der Waals surface area contributed by atoms with Crippen LogP contribution < -0.4 is 15.2 Å². The summed E-state index contributed by atoms with van der Waals surface area (Å²) in [5.74, 6) is 2.34. The zero-order valence-electron chi connectivity index (χ0n) is 11.5. The smallest absolute Gasteiger partial charge is 0.162 e. The summed E-state index contributed by atoms with van der Waals surface area (Å²) in [7, 11) is 3.25. The molecule has 0 fully saturated rings. The molecule has 1 heterocycles. The van der Waals surface area contributed by atoms with Crippen molar-refractivity contribution >= 4 is 0 Å². The molecule has 0 aliphatic carbocycles. The normalized spacial score (nSPS) is 10.5. The monoisotopic (exact) mass is 261 g/mol. The summed E-state index contributed by atoms with van der Waals surface area (Å²) < 4.78 is 12.6. The largest absolute Gasteiger partial charge is 0.493 e. The van der Waals surface area contributed by atoms with Gasteiger partial charge in [0.2, 0.25) is 0 Å². The zero-order chi connectivity index (χ0) is 13.8. The molecule has 1 aromatic carbocycles. The maximum Gasteiger partial charge on any atom is 0.162 e. The molecule has 1 aromatic heterocycles. The second kappa shape index (κ2) is 5.75. The number of hydrogen-bond acceptors (Lipinski definition) is 4. The van der Waals surface area contributed by atoms with Gasteiger partial charge in [0.1, 0.15) is 5.82 Å². The molecule has 0 radical (unpaired) electrons. The lowest BCUT2D eigenvalue weighted by Gasteiger charge is -2.10. The minimum Gasteiger partial charge on any atom is -0.493 e. The molecule has 0 spiro atoms. The van der Waals surface area contributed by atoms with Crippen LogP contribution in [0.1, 0.15) is 11.5 Å². The lowest BCUT2D eigenvalue weighted by molar-refractivity contribution is 0.355. The first-order chi connectivity index (χ1) is 9.19. The standard InChI is InChI=1S/C14H19N3O2/c1-10-16-11(6-7-15)9-17(10)12-4-5-13(18-2)14(8-12)19-3/h4-5,8-9H,6-7,15H2,1-3H3. The fraction of sp³-hybridized carbons (Fsp3) is 0.357. The van der Waals surface area contributed by atoms with Crippen molar-refractivity contribution in [3.8, 4) is 17.2 Å². The fourth-order valence-corrected chi connectivity index (χ4v) is 2.04. The van der Waals surface area contributed by atoms with Crippen LogP contribution in [0.2, 0.25) is 0 Å². The van der Waals surface area contributed by atoms with E-state index >= 15 is 0 Å². The SMILES string of the molecule is COc1ccc(-n2cc(CCN)nc2C)cc1OC. The molecule has 2 rings (SSSR count). The zero-order valence-corrected chi connectivity index (χ0v) is 11.5.